The molecule has 114 valence electrons. The second kappa shape index (κ2) is 9.73. The van der Waals surface area contributed by atoms with Crippen LogP contribution in [0.15, 0.2) is 11.6 Å². The number of nitrogens with zero attached hydrogens (tertiary/aromatic N) is 1. The molecule has 0 N–H and O–H groups in total. The fourth-order valence-corrected chi connectivity index (χ4v) is 2.61. The first-order valence-electron chi connectivity index (χ1n) is 8.21. The highest BCUT2D eigenvalue weighted by atomic mass is 16.2. The van der Waals surface area contributed by atoms with E-state index in [4.69, 9.17) is 0 Å². The van der Waals surface area contributed by atoms with Crippen LogP contribution in [-0.2, 0) is 9.59 Å². The molecule has 0 radical (unpaired) electrons. The fraction of sp³-hybridized carbons (Fsp3) is 0.765. The Labute approximate surface area is 123 Å². The zero-order chi connectivity index (χ0) is 14.8. The fourth-order valence-electron chi connectivity index (χ4n) is 2.61. The zero-order valence-electron chi connectivity index (χ0n) is 13.1. The minimum atomic E-state index is -0.136. The smallest absolute Gasteiger partial charge is 0.256 e. The number of carbonyl (C=O) groups is 2. The van der Waals surface area contributed by atoms with Crippen LogP contribution in [0.2, 0.25) is 0 Å². The molecule has 0 aliphatic carbocycles. The lowest BCUT2D eigenvalue weighted by atomic mass is 10.1. The monoisotopic (exact) mass is 279 g/mol. The molecule has 0 aromatic rings. The summed E-state index contributed by atoms with van der Waals surface area (Å²) < 4.78 is 0. The molecule has 1 aliphatic rings. The predicted octanol–water partition coefficient (Wildman–Crippen LogP) is 4.22. The van der Waals surface area contributed by atoms with Crippen LogP contribution < -0.4 is 0 Å². The van der Waals surface area contributed by atoms with Gasteiger partial charge in [-0.25, -0.2) is 0 Å². The average molecular weight is 279 g/mol. The maximum Gasteiger partial charge on any atom is 0.256 e. The largest absolute Gasteiger partial charge is 0.275 e. The van der Waals surface area contributed by atoms with Crippen LogP contribution in [0, 0.1) is 0 Å². The van der Waals surface area contributed by atoms with Gasteiger partial charge in [-0.2, -0.15) is 0 Å². The molecule has 0 aromatic heterocycles. The van der Waals surface area contributed by atoms with E-state index in [1.165, 1.54) is 62.3 Å². The molecule has 0 saturated heterocycles. The minimum Gasteiger partial charge on any atom is -0.275 e. The van der Waals surface area contributed by atoms with Gasteiger partial charge in [-0.1, -0.05) is 64.7 Å². The van der Waals surface area contributed by atoms with Gasteiger partial charge in [0, 0.05) is 18.2 Å². The molecule has 0 spiro atoms. The van der Waals surface area contributed by atoms with Crippen molar-refractivity contribution >= 4 is 11.8 Å². The lowest BCUT2D eigenvalue weighted by Gasteiger charge is -2.13. The maximum atomic E-state index is 11.6. The predicted molar refractivity (Wildman–Crippen MR) is 82.3 cm³/mol. The molecular formula is C17H29NO2. The van der Waals surface area contributed by atoms with Crippen LogP contribution in [0.4, 0.5) is 0 Å². The third kappa shape index (κ3) is 5.89. The van der Waals surface area contributed by atoms with E-state index in [9.17, 15) is 9.59 Å². The molecule has 0 bridgehead atoms. The van der Waals surface area contributed by atoms with Gasteiger partial charge in [-0.05, 0) is 13.3 Å². The second-order valence-corrected chi connectivity index (χ2v) is 5.80. The Bertz CT molecular complexity index is 347. The molecule has 0 unspecified atom stereocenters. The van der Waals surface area contributed by atoms with Gasteiger partial charge >= 0.3 is 0 Å². The molecule has 0 aromatic carbocycles. The van der Waals surface area contributed by atoms with Crippen molar-refractivity contribution in [3.63, 3.8) is 0 Å². The standard InChI is InChI=1S/C17H29NO2/c1-3-4-5-6-7-8-9-10-11-12-13-18-16(19)14-15(2)17(18)20/h14H,3-13H2,1-2H3. The van der Waals surface area contributed by atoms with Crippen LogP contribution >= 0.6 is 0 Å². The highest BCUT2D eigenvalue weighted by molar-refractivity contribution is 6.15. The van der Waals surface area contributed by atoms with Crippen molar-refractivity contribution in [3.8, 4) is 0 Å². The van der Waals surface area contributed by atoms with E-state index in [2.05, 4.69) is 6.92 Å². The summed E-state index contributed by atoms with van der Waals surface area (Å²) in [5.41, 5.74) is 0.571. The lowest BCUT2D eigenvalue weighted by Crippen LogP contribution is -2.31. The summed E-state index contributed by atoms with van der Waals surface area (Å²) in [4.78, 5) is 24.5. The minimum absolute atomic E-state index is 0.106. The lowest BCUT2D eigenvalue weighted by molar-refractivity contribution is -0.137. The topological polar surface area (TPSA) is 37.4 Å². The van der Waals surface area contributed by atoms with E-state index >= 15 is 0 Å². The summed E-state index contributed by atoms with van der Waals surface area (Å²) in [7, 11) is 0. The Balaban J connectivity index is 1.93. The third-order valence-electron chi connectivity index (χ3n) is 3.92. The van der Waals surface area contributed by atoms with Crippen molar-refractivity contribution in [2.45, 2.75) is 78.1 Å². The number of rotatable bonds is 11. The molecule has 3 nitrogen and oxygen atoms in total. The van der Waals surface area contributed by atoms with Gasteiger partial charge in [0.1, 0.15) is 0 Å². The summed E-state index contributed by atoms with van der Waals surface area (Å²) in [6.07, 6.45) is 14.1. The van der Waals surface area contributed by atoms with Crippen LogP contribution in [0.1, 0.15) is 78.1 Å². The molecule has 20 heavy (non-hydrogen) atoms. The number of amides is 2. The van der Waals surface area contributed by atoms with E-state index in [1.807, 2.05) is 0 Å². The summed E-state index contributed by atoms with van der Waals surface area (Å²) in [5.74, 6) is -0.241. The summed E-state index contributed by atoms with van der Waals surface area (Å²) in [6, 6.07) is 0. The zero-order valence-corrected chi connectivity index (χ0v) is 13.1. The number of hydrogen-bond acceptors (Lipinski definition) is 2. The quantitative estimate of drug-likeness (QED) is 0.419. The van der Waals surface area contributed by atoms with E-state index in [-0.39, 0.29) is 11.8 Å². The van der Waals surface area contributed by atoms with Crippen molar-refractivity contribution in [3.05, 3.63) is 11.6 Å². The van der Waals surface area contributed by atoms with Crippen molar-refractivity contribution in [2.24, 2.45) is 0 Å². The first kappa shape index (κ1) is 16.9. The maximum absolute atomic E-state index is 11.6. The average Bonchev–Trinajstić information content (AvgIpc) is 2.67. The highest BCUT2D eigenvalue weighted by Crippen LogP contribution is 2.14. The van der Waals surface area contributed by atoms with Crippen molar-refractivity contribution < 1.29 is 9.59 Å². The summed E-state index contributed by atoms with van der Waals surface area (Å²) >= 11 is 0. The molecule has 0 saturated carbocycles. The van der Waals surface area contributed by atoms with Gasteiger partial charge in [-0.3, -0.25) is 14.5 Å². The van der Waals surface area contributed by atoms with Gasteiger partial charge in [-0.15, -0.1) is 0 Å². The normalized spacial score (nSPS) is 15.1. The molecule has 0 fully saturated rings. The Kier molecular flexibility index (Phi) is 8.24. The molecule has 1 aliphatic heterocycles. The Morgan fingerprint density at radius 3 is 1.80 bits per heavy atom. The Morgan fingerprint density at radius 2 is 1.35 bits per heavy atom. The summed E-state index contributed by atoms with van der Waals surface area (Å²) in [6.45, 7) is 4.54. The Morgan fingerprint density at radius 1 is 0.850 bits per heavy atom. The van der Waals surface area contributed by atoms with Crippen molar-refractivity contribution in [1.29, 1.82) is 0 Å². The van der Waals surface area contributed by atoms with E-state index in [1.54, 1.807) is 6.92 Å². The van der Waals surface area contributed by atoms with Crippen LogP contribution in [0.5, 0.6) is 0 Å². The first-order valence-corrected chi connectivity index (χ1v) is 8.21. The third-order valence-corrected chi connectivity index (χ3v) is 3.92. The highest BCUT2D eigenvalue weighted by Gasteiger charge is 2.27. The van der Waals surface area contributed by atoms with E-state index in [0.717, 1.165) is 12.8 Å². The Hall–Kier alpha value is -1.12. The van der Waals surface area contributed by atoms with Crippen LogP contribution in [-0.4, -0.2) is 23.3 Å². The molecular weight excluding hydrogens is 250 g/mol. The van der Waals surface area contributed by atoms with Crippen molar-refractivity contribution in [1.82, 2.24) is 4.90 Å². The van der Waals surface area contributed by atoms with Crippen LogP contribution in [0.25, 0.3) is 0 Å². The summed E-state index contributed by atoms with van der Waals surface area (Å²) in [5, 5.41) is 0. The molecule has 3 heteroatoms. The van der Waals surface area contributed by atoms with Crippen LogP contribution in [0.3, 0.4) is 0 Å². The van der Waals surface area contributed by atoms with E-state index < -0.39 is 0 Å². The molecule has 1 rings (SSSR count). The first-order chi connectivity index (χ1) is 9.66. The van der Waals surface area contributed by atoms with Gasteiger partial charge in [0.15, 0.2) is 0 Å². The van der Waals surface area contributed by atoms with Gasteiger partial charge in [0.2, 0.25) is 0 Å². The van der Waals surface area contributed by atoms with Crippen molar-refractivity contribution in [2.75, 3.05) is 6.54 Å². The van der Waals surface area contributed by atoms with Gasteiger partial charge in [0.25, 0.3) is 11.8 Å². The number of imide groups is 1. The number of carbonyl (C=O) groups excluding carboxylic acids is 2. The second-order valence-electron chi connectivity index (χ2n) is 5.80. The molecule has 0 atom stereocenters. The SMILES string of the molecule is CCCCCCCCCCCCN1C(=O)C=C(C)C1=O. The van der Waals surface area contributed by atoms with Gasteiger partial charge in [0.05, 0.1) is 0 Å². The number of hydrogen-bond donors (Lipinski definition) is 0. The van der Waals surface area contributed by atoms with E-state index in [0.29, 0.717) is 12.1 Å². The van der Waals surface area contributed by atoms with Gasteiger partial charge < -0.3 is 0 Å². The molecule has 2 amide bonds. The number of unbranched alkanes of at least 4 members (excludes halogenated alkanes) is 9. The molecule has 1 heterocycles.